The number of anilines is 1. The summed E-state index contributed by atoms with van der Waals surface area (Å²) in [6.45, 7) is 3.09. The van der Waals surface area contributed by atoms with Gasteiger partial charge in [-0.2, -0.15) is 0 Å². The maximum absolute atomic E-state index is 11.9. The van der Waals surface area contributed by atoms with Gasteiger partial charge in [-0.1, -0.05) is 18.2 Å². The van der Waals surface area contributed by atoms with Crippen LogP contribution in [0, 0.1) is 5.92 Å². The van der Waals surface area contributed by atoms with Gasteiger partial charge in [-0.05, 0) is 25.0 Å². The van der Waals surface area contributed by atoms with Crippen molar-refractivity contribution in [3.8, 4) is 0 Å². The Morgan fingerprint density at radius 1 is 1.53 bits per heavy atom. The zero-order chi connectivity index (χ0) is 12.3. The highest BCUT2D eigenvalue weighted by Gasteiger charge is 2.30. The summed E-state index contributed by atoms with van der Waals surface area (Å²) in [6, 6.07) is 7.56. The van der Waals surface area contributed by atoms with Crippen molar-refractivity contribution in [1.82, 2.24) is 5.32 Å². The monoisotopic (exact) mass is 234 g/mol. The lowest BCUT2D eigenvalue weighted by Gasteiger charge is -2.14. The van der Waals surface area contributed by atoms with Crippen LogP contribution in [-0.4, -0.2) is 18.6 Å². The molecule has 4 nitrogen and oxygen atoms in total. The summed E-state index contributed by atoms with van der Waals surface area (Å²) < 4.78 is 5.38. The third-order valence-corrected chi connectivity index (χ3v) is 3.22. The molecule has 2 unspecified atom stereocenters. The lowest BCUT2D eigenvalue weighted by atomic mass is 10.0. The number of rotatable bonds is 3. The molecule has 0 aromatic heterocycles. The van der Waals surface area contributed by atoms with Gasteiger partial charge >= 0.3 is 0 Å². The molecule has 92 valence electrons. The lowest BCUT2D eigenvalue weighted by Crippen LogP contribution is -2.33. The minimum atomic E-state index is -0.0278. The number of hydrogen-bond acceptors (Lipinski definition) is 3. The Morgan fingerprint density at radius 2 is 2.29 bits per heavy atom. The van der Waals surface area contributed by atoms with Crippen LogP contribution in [0.25, 0.3) is 0 Å². The molecule has 1 fully saturated rings. The summed E-state index contributed by atoms with van der Waals surface area (Å²) in [7, 11) is 0. The van der Waals surface area contributed by atoms with Crippen molar-refractivity contribution < 1.29 is 9.53 Å². The molecule has 3 N–H and O–H groups in total. The van der Waals surface area contributed by atoms with E-state index < -0.39 is 0 Å². The van der Waals surface area contributed by atoms with E-state index in [1.165, 1.54) is 0 Å². The first-order valence-electron chi connectivity index (χ1n) is 5.91. The van der Waals surface area contributed by atoms with Crippen LogP contribution in [0.1, 0.15) is 18.9 Å². The minimum Gasteiger partial charge on any atom is -0.398 e. The third kappa shape index (κ3) is 2.77. The lowest BCUT2D eigenvalue weighted by molar-refractivity contribution is -0.126. The van der Waals surface area contributed by atoms with Gasteiger partial charge in [-0.15, -0.1) is 0 Å². The second-order valence-electron chi connectivity index (χ2n) is 4.39. The molecule has 1 aromatic carbocycles. The van der Waals surface area contributed by atoms with Crippen LogP contribution in [0.2, 0.25) is 0 Å². The Bertz CT molecular complexity index is 406. The fourth-order valence-corrected chi connectivity index (χ4v) is 2.08. The topological polar surface area (TPSA) is 64.3 Å². The van der Waals surface area contributed by atoms with Gasteiger partial charge in [0.2, 0.25) is 5.91 Å². The molecule has 2 atom stereocenters. The summed E-state index contributed by atoms with van der Waals surface area (Å²) in [5, 5.41) is 2.91. The van der Waals surface area contributed by atoms with Gasteiger partial charge in [-0.3, -0.25) is 4.79 Å². The van der Waals surface area contributed by atoms with Crippen LogP contribution in [0.5, 0.6) is 0 Å². The van der Waals surface area contributed by atoms with Crippen LogP contribution >= 0.6 is 0 Å². The van der Waals surface area contributed by atoms with Crippen molar-refractivity contribution in [2.45, 2.75) is 26.0 Å². The van der Waals surface area contributed by atoms with Gasteiger partial charge in [0, 0.05) is 18.8 Å². The molecule has 17 heavy (non-hydrogen) atoms. The molecular formula is C13H18N2O2. The smallest absolute Gasteiger partial charge is 0.226 e. The molecule has 1 heterocycles. The van der Waals surface area contributed by atoms with E-state index in [1.807, 2.05) is 31.2 Å². The first-order chi connectivity index (χ1) is 8.18. The van der Waals surface area contributed by atoms with E-state index in [2.05, 4.69) is 5.32 Å². The fourth-order valence-electron chi connectivity index (χ4n) is 2.08. The van der Waals surface area contributed by atoms with Gasteiger partial charge in [0.25, 0.3) is 0 Å². The highest BCUT2D eigenvalue weighted by molar-refractivity contribution is 5.79. The van der Waals surface area contributed by atoms with Gasteiger partial charge < -0.3 is 15.8 Å². The number of hydrogen-bond donors (Lipinski definition) is 2. The zero-order valence-electron chi connectivity index (χ0n) is 9.98. The van der Waals surface area contributed by atoms with Crippen molar-refractivity contribution in [3.05, 3.63) is 29.8 Å². The number of nitrogens with one attached hydrogen (secondary N) is 1. The van der Waals surface area contributed by atoms with Crippen molar-refractivity contribution in [3.63, 3.8) is 0 Å². The number of benzene rings is 1. The van der Waals surface area contributed by atoms with E-state index >= 15 is 0 Å². The van der Waals surface area contributed by atoms with Gasteiger partial charge in [-0.25, -0.2) is 0 Å². The molecule has 1 amide bonds. The Kier molecular flexibility index (Phi) is 3.64. The van der Waals surface area contributed by atoms with Crippen molar-refractivity contribution in [1.29, 1.82) is 0 Å². The van der Waals surface area contributed by atoms with Crippen molar-refractivity contribution in [2.24, 2.45) is 5.92 Å². The summed E-state index contributed by atoms with van der Waals surface area (Å²) in [4.78, 5) is 11.9. The van der Waals surface area contributed by atoms with Crippen LogP contribution in [-0.2, 0) is 16.1 Å². The average Bonchev–Trinajstić information content (AvgIpc) is 2.74. The summed E-state index contributed by atoms with van der Waals surface area (Å²) >= 11 is 0. The number of para-hydroxylation sites is 1. The van der Waals surface area contributed by atoms with E-state index in [0.717, 1.165) is 12.0 Å². The third-order valence-electron chi connectivity index (χ3n) is 3.22. The van der Waals surface area contributed by atoms with Gasteiger partial charge in [0.15, 0.2) is 0 Å². The Hall–Kier alpha value is -1.55. The molecule has 1 aromatic rings. The first kappa shape index (κ1) is 11.9. The number of nitrogens with two attached hydrogens (primary N) is 1. The molecule has 1 aliphatic rings. The van der Waals surface area contributed by atoms with E-state index in [-0.39, 0.29) is 17.9 Å². The highest BCUT2D eigenvalue weighted by atomic mass is 16.5. The number of amides is 1. The average molecular weight is 234 g/mol. The molecule has 0 bridgehead atoms. The van der Waals surface area contributed by atoms with Crippen LogP contribution in [0.3, 0.4) is 0 Å². The summed E-state index contributed by atoms with van der Waals surface area (Å²) in [6.07, 6.45) is 0.820. The Balaban J connectivity index is 1.90. The molecule has 1 saturated heterocycles. The van der Waals surface area contributed by atoms with Crippen molar-refractivity contribution >= 4 is 11.6 Å². The predicted molar refractivity (Wildman–Crippen MR) is 66.2 cm³/mol. The Morgan fingerprint density at radius 3 is 2.94 bits per heavy atom. The number of carbonyl (C=O) groups is 1. The quantitative estimate of drug-likeness (QED) is 0.775. The molecule has 2 rings (SSSR count). The standard InChI is InChI=1S/C13H18N2O2/c1-9-11(6-7-17-9)13(16)15-8-10-4-2-3-5-12(10)14/h2-5,9,11H,6-8,14H2,1H3,(H,15,16). The molecule has 0 spiro atoms. The molecule has 1 aliphatic heterocycles. The molecule has 0 radical (unpaired) electrons. The number of ether oxygens (including phenoxy) is 1. The van der Waals surface area contributed by atoms with Crippen LogP contribution in [0.15, 0.2) is 24.3 Å². The fraction of sp³-hybridized carbons (Fsp3) is 0.462. The zero-order valence-corrected chi connectivity index (χ0v) is 9.98. The van der Waals surface area contributed by atoms with E-state index in [4.69, 9.17) is 10.5 Å². The number of nitrogen functional groups attached to an aromatic ring is 1. The highest BCUT2D eigenvalue weighted by Crippen LogP contribution is 2.20. The number of carbonyl (C=O) groups excluding carboxylic acids is 1. The minimum absolute atomic E-state index is 0.0168. The molecular weight excluding hydrogens is 216 g/mol. The van der Waals surface area contributed by atoms with E-state index in [9.17, 15) is 4.79 Å². The van der Waals surface area contributed by atoms with Crippen molar-refractivity contribution in [2.75, 3.05) is 12.3 Å². The maximum atomic E-state index is 11.9. The second-order valence-corrected chi connectivity index (χ2v) is 4.39. The van der Waals surface area contributed by atoms with Gasteiger partial charge in [0.05, 0.1) is 12.0 Å². The summed E-state index contributed by atoms with van der Waals surface area (Å²) in [5.74, 6) is 0.0261. The van der Waals surface area contributed by atoms with E-state index in [1.54, 1.807) is 0 Å². The van der Waals surface area contributed by atoms with Gasteiger partial charge in [0.1, 0.15) is 0 Å². The van der Waals surface area contributed by atoms with Crippen LogP contribution in [0.4, 0.5) is 5.69 Å². The first-order valence-corrected chi connectivity index (χ1v) is 5.91. The normalized spacial score (nSPS) is 23.6. The maximum Gasteiger partial charge on any atom is 0.226 e. The largest absolute Gasteiger partial charge is 0.398 e. The molecule has 4 heteroatoms. The summed E-state index contributed by atoms with van der Waals surface area (Å²) in [5.41, 5.74) is 7.47. The SMILES string of the molecule is CC1OCCC1C(=O)NCc1ccccc1N. The van der Waals surface area contributed by atoms with E-state index in [0.29, 0.717) is 18.8 Å². The van der Waals surface area contributed by atoms with Crippen LogP contribution < -0.4 is 11.1 Å². The molecule has 0 aliphatic carbocycles. The Labute approximate surface area is 101 Å². The predicted octanol–water partition coefficient (Wildman–Crippen LogP) is 1.31. The molecule has 0 saturated carbocycles. The second kappa shape index (κ2) is 5.19.